The minimum absolute atomic E-state index is 0.0426. The monoisotopic (exact) mass is 348 g/mol. The first-order valence-electron chi connectivity index (χ1n) is 10.0. The predicted molar refractivity (Wildman–Crippen MR) is 94.9 cm³/mol. The maximum absolute atomic E-state index is 13.0. The van der Waals surface area contributed by atoms with Gasteiger partial charge in [0.1, 0.15) is 6.04 Å². The summed E-state index contributed by atoms with van der Waals surface area (Å²) in [7, 11) is 0. The quantitative estimate of drug-likeness (QED) is 0.852. The lowest BCUT2D eigenvalue weighted by atomic mass is 9.46. The van der Waals surface area contributed by atoms with Crippen LogP contribution >= 0.6 is 0 Å². The number of amides is 2. The van der Waals surface area contributed by atoms with Gasteiger partial charge in [0.15, 0.2) is 0 Å². The van der Waals surface area contributed by atoms with Crippen molar-refractivity contribution in [1.29, 1.82) is 0 Å². The Morgan fingerprint density at radius 3 is 2.60 bits per heavy atom. The SMILES string of the molecule is CC(C)(C)CC(=O)N1CCC[C@@H]1C(=O)N[C@@H]1[C@@H]2CCO[C@@H]2C12CCC2. The Kier molecular flexibility index (Phi) is 4.13. The summed E-state index contributed by atoms with van der Waals surface area (Å²) in [5.74, 6) is 0.685. The van der Waals surface area contributed by atoms with Crippen LogP contribution in [0.2, 0.25) is 0 Å². The summed E-state index contributed by atoms with van der Waals surface area (Å²) in [6.07, 6.45) is 7.27. The van der Waals surface area contributed by atoms with Crippen LogP contribution in [0, 0.1) is 16.7 Å². The summed E-state index contributed by atoms with van der Waals surface area (Å²) in [4.78, 5) is 27.5. The van der Waals surface area contributed by atoms with Crippen LogP contribution in [0.25, 0.3) is 0 Å². The molecule has 1 spiro atoms. The topological polar surface area (TPSA) is 58.6 Å². The maximum Gasteiger partial charge on any atom is 0.243 e. The van der Waals surface area contributed by atoms with Crippen molar-refractivity contribution >= 4 is 11.8 Å². The normalized spacial score (nSPS) is 35.9. The van der Waals surface area contributed by atoms with Crippen LogP contribution < -0.4 is 5.32 Å². The molecule has 2 aliphatic heterocycles. The third-order valence-corrected chi connectivity index (χ3v) is 6.89. The van der Waals surface area contributed by atoms with E-state index in [0.29, 0.717) is 18.4 Å². The molecule has 0 aromatic carbocycles. The first-order valence-corrected chi connectivity index (χ1v) is 10.0. The molecular weight excluding hydrogens is 316 g/mol. The average Bonchev–Trinajstić information content (AvgIpc) is 3.08. The zero-order valence-electron chi connectivity index (χ0n) is 15.8. The van der Waals surface area contributed by atoms with Crippen molar-refractivity contribution in [2.45, 2.75) is 83.9 Å². The van der Waals surface area contributed by atoms with E-state index >= 15 is 0 Å². The fraction of sp³-hybridized carbons (Fsp3) is 0.900. The van der Waals surface area contributed by atoms with Gasteiger partial charge in [-0.25, -0.2) is 0 Å². The van der Waals surface area contributed by atoms with E-state index < -0.39 is 0 Å². The fourth-order valence-corrected chi connectivity index (χ4v) is 5.60. The van der Waals surface area contributed by atoms with Crippen LogP contribution in [0.4, 0.5) is 0 Å². The molecule has 5 nitrogen and oxygen atoms in total. The molecule has 2 saturated heterocycles. The molecule has 0 aromatic rings. The molecule has 2 saturated carbocycles. The van der Waals surface area contributed by atoms with Gasteiger partial charge >= 0.3 is 0 Å². The summed E-state index contributed by atoms with van der Waals surface area (Å²) in [5, 5.41) is 3.36. The number of hydrogen-bond donors (Lipinski definition) is 1. The standard InChI is InChI=1S/C20H32N2O3/c1-19(2,3)12-15(23)22-10-4-6-14(22)18(24)21-16-13-7-11-25-17(13)20(16)8-5-9-20/h13-14,16-17H,4-12H2,1-3H3,(H,21,24)/t13-,14+,16+,17-/m0/s1. The van der Waals surface area contributed by atoms with Gasteiger partial charge in [0.05, 0.1) is 6.10 Å². The van der Waals surface area contributed by atoms with E-state index in [9.17, 15) is 9.59 Å². The smallest absolute Gasteiger partial charge is 0.243 e. The third kappa shape index (κ3) is 2.79. The average molecular weight is 348 g/mol. The number of carbonyl (C=O) groups excluding carboxylic acids is 2. The Morgan fingerprint density at radius 2 is 1.96 bits per heavy atom. The van der Waals surface area contributed by atoms with Crippen LogP contribution in [0.5, 0.6) is 0 Å². The Morgan fingerprint density at radius 1 is 1.20 bits per heavy atom. The van der Waals surface area contributed by atoms with Gasteiger partial charge in [-0.1, -0.05) is 27.2 Å². The Labute approximate surface area is 150 Å². The van der Waals surface area contributed by atoms with Gasteiger partial charge in [0, 0.05) is 36.9 Å². The highest BCUT2D eigenvalue weighted by Gasteiger charge is 2.67. The molecule has 2 heterocycles. The maximum atomic E-state index is 13.0. The number of nitrogens with zero attached hydrogens (tertiary/aromatic N) is 1. The van der Waals surface area contributed by atoms with Crippen LogP contribution in [-0.2, 0) is 14.3 Å². The van der Waals surface area contributed by atoms with Gasteiger partial charge in [-0.15, -0.1) is 0 Å². The zero-order chi connectivity index (χ0) is 17.8. The van der Waals surface area contributed by atoms with Crippen LogP contribution in [0.3, 0.4) is 0 Å². The van der Waals surface area contributed by atoms with E-state index in [1.165, 1.54) is 19.3 Å². The molecule has 2 aliphatic carbocycles. The van der Waals surface area contributed by atoms with Gasteiger partial charge in [-0.2, -0.15) is 0 Å². The first-order chi connectivity index (χ1) is 11.8. The van der Waals surface area contributed by atoms with Crippen molar-refractivity contribution in [1.82, 2.24) is 10.2 Å². The molecule has 25 heavy (non-hydrogen) atoms. The molecule has 140 valence electrons. The molecule has 0 bridgehead atoms. The highest BCUT2D eigenvalue weighted by molar-refractivity contribution is 5.88. The van der Waals surface area contributed by atoms with Crippen molar-refractivity contribution in [2.24, 2.45) is 16.7 Å². The van der Waals surface area contributed by atoms with Crippen LogP contribution in [0.1, 0.15) is 65.7 Å². The molecule has 4 atom stereocenters. The molecule has 0 aromatic heterocycles. The molecule has 1 N–H and O–H groups in total. The van der Waals surface area contributed by atoms with Crippen LogP contribution in [-0.4, -0.2) is 48.1 Å². The number of rotatable bonds is 3. The second-order valence-corrected chi connectivity index (χ2v) is 9.80. The molecule has 4 aliphatic rings. The van der Waals surface area contributed by atoms with Gasteiger partial charge in [0.2, 0.25) is 11.8 Å². The number of nitrogens with one attached hydrogen (secondary N) is 1. The van der Waals surface area contributed by atoms with Crippen molar-refractivity contribution in [3.8, 4) is 0 Å². The summed E-state index contributed by atoms with van der Waals surface area (Å²) in [6, 6.07) is -0.00485. The molecular formula is C20H32N2O3. The summed E-state index contributed by atoms with van der Waals surface area (Å²) in [5.41, 5.74) is 0.161. The molecule has 4 rings (SSSR count). The number of carbonyl (C=O) groups is 2. The molecule has 0 radical (unpaired) electrons. The number of fused-ring (bicyclic) bond motifs is 2. The summed E-state index contributed by atoms with van der Waals surface area (Å²) in [6.45, 7) is 7.78. The van der Waals surface area contributed by atoms with E-state index in [-0.39, 0.29) is 34.7 Å². The minimum atomic E-state index is -0.270. The molecule has 4 fully saturated rings. The Bertz CT molecular complexity index is 564. The third-order valence-electron chi connectivity index (χ3n) is 6.89. The lowest BCUT2D eigenvalue weighted by Gasteiger charge is -2.63. The lowest BCUT2D eigenvalue weighted by molar-refractivity contribution is -0.180. The minimum Gasteiger partial charge on any atom is -0.377 e. The summed E-state index contributed by atoms with van der Waals surface area (Å²) >= 11 is 0. The highest BCUT2D eigenvalue weighted by atomic mass is 16.5. The number of ether oxygens (including phenoxy) is 1. The molecule has 5 heteroatoms. The van der Waals surface area contributed by atoms with Crippen molar-refractivity contribution < 1.29 is 14.3 Å². The Hall–Kier alpha value is -1.10. The predicted octanol–water partition coefficient (Wildman–Crippen LogP) is 2.49. The van der Waals surface area contributed by atoms with Gasteiger partial charge in [-0.05, 0) is 37.5 Å². The number of hydrogen-bond acceptors (Lipinski definition) is 3. The molecule has 0 unspecified atom stereocenters. The first kappa shape index (κ1) is 17.3. The summed E-state index contributed by atoms with van der Waals surface area (Å²) < 4.78 is 5.95. The second-order valence-electron chi connectivity index (χ2n) is 9.80. The highest BCUT2D eigenvalue weighted by Crippen LogP contribution is 2.62. The second kappa shape index (κ2) is 5.97. The fourth-order valence-electron chi connectivity index (χ4n) is 5.60. The van der Waals surface area contributed by atoms with E-state index in [4.69, 9.17) is 4.74 Å². The van der Waals surface area contributed by atoms with Crippen LogP contribution in [0.15, 0.2) is 0 Å². The van der Waals surface area contributed by atoms with Crippen molar-refractivity contribution in [3.63, 3.8) is 0 Å². The van der Waals surface area contributed by atoms with Gasteiger partial charge < -0.3 is 15.0 Å². The van der Waals surface area contributed by atoms with E-state index in [1.54, 1.807) is 0 Å². The van der Waals surface area contributed by atoms with Gasteiger partial charge in [-0.3, -0.25) is 9.59 Å². The largest absolute Gasteiger partial charge is 0.377 e. The Balaban J connectivity index is 1.41. The van der Waals surface area contributed by atoms with E-state index in [2.05, 4.69) is 26.1 Å². The van der Waals surface area contributed by atoms with Gasteiger partial charge in [0.25, 0.3) is 0 Å². The van der Waals surface area contributed by atoms with Crippen molar-refractivity contribution in [2.75, 3.05) is 13.2 Å². The zero-order valence-corrected chi connectivity index (χ0v) is 15.8. The van der Waals surface area contributed by atoms with E-state index in [1.807, 2.05) is 4.90 Å². The van der Waals surface area contributed by atoms with E-state index in [0.717, 1.165) is 32.4 Å². The molecule has 2 amide bonds. The van der Waals surface area contributed by atoms with Crippen molar-refractivity contribution in [3.05, 3.63) is 0 Å². The lowest BCUT2D eigenvalue weighted by Crippen LogP contribution is -2.72. The number of likely N-dealkylation sites (tertiary alicyclic amines) is 1.